The fourth-order valence-electron chi connectivity index (χ4n) is 2.83. The lowest BCUT2D eigenvalue weighted by molar-refractivity contribution is 0.0680. The van der Waals surface area contributed by atoms with Crippen LogP contribution in [-0.4, -0.2) is 36.5 Å². The number of carboxylic acid groups (broad SMARTS) is 1. The number of benzene rings is 1. The van der Waals surface area contributed by atoms with Crippen molar-refractivity contribution in [1.82, 2.24) is 19.6 Å². The third-order valence-electron chi connectivity index (χ3n) is 4.25. The molecule has 0 atom stereocenters. The predicted octanol–water partition coefficient (Wildman–Crippen LogP) is 2.99. The lowest BCUT2D eigenvalue weighted by atomic mass is 10.2. The molecular formula is C18H18BrN5O3. The first-order chi connectivity index (χ1) is 12.8. The Hall–Kier alpha value is -2.94. The maximum atomic E-state index is 12.6. The molecule has 0 saturated heterocycles. The highest BCUT2D eigenvalue weighted by molar-refractivity contribution is 9.10. The Morgan fingerprint density at radius 1 is 1.22 bits per heavy atom. The summed E-state index contributed by atoms with van der Waals surface area (Å²) in [6, 6.07) is 7.90. The zero-order chi connectivity index (χ0) is 19.7. The van der Waals surface area contributed by atoms with E-state index in [4.69, 9.17) is 0 Å². The van der Waals surface area contributed by atoms with Crippen LogP contribution in [0.25, 0.3) is 0 Å². The van der Waals surface area contributed by atoms with Gasteiger partial charge in [-0.3, -0.25) is 14.2 Å². The summed E-state index contributed by atoms with van der Waals surface area (Å²) in [7, 11) is 1.48. The van der Waals surface area contributed by atoms with Crippen LogP contribution < -0.4 is 5.32 Å². The molecule has 8 nitrogen and oxygen atoms in total. The summed E-state index contributed by atoms with van der Waals surface area (Å²) in [6.45, 7) is 4.21. The first kappa shape index (κ1) is 18.8. The zero-order valence-electron chi connectivity index (χ0n) is 15.0. The largest absolute Gasteiger partial charge is 0.477 e. The van der Waals surface area contributed by atoms with E-state index in [1.807, 2.05) is 31.2 Å². The van der Waals surface area contributed by atoms with Crippen molar-refractivity contribution < 1.29 is 14.7 Å². The summed E-state index contributed by atoms with van der Waals surface area (Å²) >= 11 is 3.41. The normalized spacial score (nSPS) is 10.8. The van der Waals surface area contributed by atoms with E-state index in [0.29, 0.717) is 17.9 Å². The van der Waals surface area contributed by atoms with Gasteiger partial charge in [0.1, 0.15) is 0 Å². The number of aryl methyl sites for hydroxylation is 2. The molecule has 0 aliphatic carbocycles. The minimum absolute atomic E-state index is 0.00413. The van der Waals surface area contributed by atoms with Crippen molar-refractivity contribution in [2.75, 3.05) is 5.32 Å². The van der Waals surface area contributed by atoms with Gasteiger partial charge in [-0.25, -0.2) is 4.79 Å². The van der Waals surface area contributed by atoms with Gasteiger partial charge in [-0.2, -0.15) is 10.2 Å². The molecule has 2 aromatic heterocycles. The summed E-state index contributed by atoms with van der Waals surface area (Å²) in [5.74, 6) is -1.74. The summed E-state index contributed by atoms with van der Waals surface area (Å²) < 4.78 is 3.96. The molecule has 3 aromatic rings. The van der Waals surface area contributed by atoms with Gasteiger partial charge in [-0.1, -0.05) is 28.1 Å². The Morgan fingerprint density at radius 2 is 1.89 bits per heavy atom. The average molecular weight is 432 g/mol. The number of aromatic nitrogens is 4. The minimum atomic E-state index is -1.21. The number of nitrogens with one attached hydrogen (secondary N) is 1. The maximum Gasteiger partial charge on any atom is 0.354 e. The topological polar surface area (TPSA) is 102 Å². The molecule has 0 radical (unpaired) electrons. The Labute approximate surface area is 163 Å². The second-order valence-corrected chi connectivity index (χ2v) is 7.04. The van der Waals surface area contributed by atoms with Gasteiger partial charge in [0.05, 0.1) is 35.4 Å². The van der Waals surface area contributed by atoms with E-state index < -0.39 is 11.9 Å². The number of aromatic carboxylic acids is 1. The molecule has 0 bridgehead atoms. The van der Waals surface area contributed by atoms with Crippen molar-refractivity contribution in [3.05, 3.63) is 63.1 Å². The number of halogens is 1. The van der Waals surface area contributed by atoms with Crippen LogP contribution in [0.4, 0.5) is 5.69 Å². The molecule has 27 heavy (non-hydrogen) atoms. The molecule has 1 amide bonds. The molecule has 0 saturated carbocycles. The fourth-order valence-corrected chi connectivity index (χ4v) is 3.10. The Balaban J connectivity index is 1.86. The molecule has 140 valence electrons. The number of anilines is 1. The highest BCUT2D eigenvalue weighted by Gasteiger charge is 2.23. The van der Waals surface area contributed by atoms with Gasteiger partial charge < -0.3 is 10.4 Å². The maximum absolute atomic E-state index is 12.6. The van der Waals surface area contributed by atoms with E-state index in [1.54, 1.807) is 11.6 Å². The van der Waals surface area contributed by atoms with Gasteiger partial charge in [0, 0.05) is 11.5 Å². The highest BCUT2D eigenvalue weighted by Crippen LogP contribution is 2.22. The second-order valence-electron chi connectivity index (χ2n) is 6.12. The Bertz CT molecular complexity index is 1020. The van der Waals surface area contributed by atoms with E-state index in [1.165, 1.54) is 13.2 Å². The smallest absolute Gasteiger partial charge is 0.354 e. The standard InChI is InChI=1S/C18H18BrN5O3/c1-10-15(21-17(25)14-8-20-23(3)16(14)18(26)27)11(2)24(22-10)9-12-4-6-13(19)7-5-12/h4-8H,9H2,1-3H3,(H,21,25)(H,26,27). The Kier molecular flexibility index (Phi) is 5.13. The highest BCUT2D eigenvalue weighted by atomic mass is 79.9. The van der Waals surface area contributed by atoms with Gasteiger partial charge >= 0.3 is 5.97 Å². The SMILES string of the molecule is Cc1nn(Cc2ccc(Br)cc2)c(C)c1NC(=O)c1cnn(C)c1C(=O)O. The van der Waals surface area contributed by atoms with E-state index >= 15 is 0 Å². The summed E-state index contributed by atoms with van der Waals surface area (Å²) in [5.41, 5.74) is 2.91. The van der Waals surface area contributed by atoms with Gasteiger partial charge in [-0.05, 0) is 31.5 Å². The molecule has 0 aliphatic heterocycles. The number of carbonyl (C=O) groups is 2. The number of carbonyl (C=O) groups excluding carboxylic acids is 1. The van der Waals surface area contributed by atoms with Gasteiger partial charge in [-0.15, -0.1) is 0 Å². The number of nitrogens with zero attached hydrogens (tertiary/aromatic N) is 4. The Morgan fingerprint density at radius 3 is 2.52 bits per heavy atom. The summed E-state index contributed by atoms with van der Waals surface area (Å²) in [5, 5.41) is 20.4. The van der Waals surface area contributed by atoms with Crippen LogP contribution in [0.5, 0.6) is 0 Å². The summed E-state index contributed by atoms with van der Waals surface area (Å²) in [6.07, 6.45) is 1.25. The van der Waals surface area contributed by atoms with Gasteiger partial charge in [0.2, 0.25) is 0 Å². The molecular weight excluding hydrogens is 414 g/mol. The molecule has 2 N–H and O–H groups in total. The first-order valence-electron chi connectivity index (χ1n) is 8.13. The second kappa shape index (κ2) is 7.36. The van der Waals surface area contributed by atoms with Crippen LogP contribution >= 0.6 is 15.9 Å². The van der Waals surface area contributed by atoms with Crippen LogP contribution in [0.1, 0.15) is 37.8 Å². The van der Waals surface area contributed by atoms with Gasteiger partial charge in [0.25, 0.3) is 5.91 Å². The van der Waals surface area contributed by atoms with Crippen molar-refractivity contribution in [2.45, 2.75) is 20.4 Å². The average Bonchev–Trinajstić information content (AvgIpc) is 3.12. The lowest BCUT2D eigenvalue weighted by Crippen LogP contribution is -2.18. The molecule has 0 spiro atoms. The van der Waals surface area contributed by atoms with Crippen LogP contribution in [0, 0.1) is 13.8 Å². The zero-order valence-corrected chi connectivity index (χ0v) is 16.6. The third kappa shape index (κ3) is 3.77. The molecule has 2 heterocycles. The van der Waals surface area contributed by atoms with E-state index in [-0.39, 0.29) is 11.3 Å². The molecule has 0 fully saturated rings. The predicted molar refractivity (Wildman–Crippen MR) is 103 cm³/mol. The van der Waals surface area contributed by atoms with Crippen LogP contribution in [0.15, 0.2) is 34.9 Å². The van der Waals surface area contributed by atoms with Crippen molar-refractivity contribution in [3.8, 4) is 0 Å². The molecule has 0 unspecified atom stereocenters. The van der Waals surface area contributed by atoms with Crippen LogP contribution in [0.3, 0.4) is 0 Å². The number of rotatable bonds is 5. The van der Waals surface area contributed by atoms with Crippen LogP contribution in [-0.2, 0) is 13.6 Å². The van der Waals surface area contributed by atoms with Gasteiger partial charge in [0.15, 0.2) is 5.69 Å². The number of hydrogen-bond acceptors (Lipinski definition) is 4. The van der Waals surface area contributed by atoms with E-state index in [2.05, 4.69) is 31.4 Å². The van der Waals surface area contributed by atoms with Crippen molar-refractivity contribution >= 4 is 33.5 Å². The molecule has 3 rings (SSSR count). The summed E-state index contributed by atoms with van der Waals surface area (Å²) in [4.78, 5) is 24.0. The van der Waals surface area contributed by atoms with Crippen molar-refractivity contribution in [2.24, 2.45) is 7.05 Å². The fraction of sp³-hybridized carbons (Fsp3) is 0.222. The number of hydrogen-bond donors (Lipinski definition) is 2. The molecule has 1 aromatic carbocycles. The quantitative estimate of drug-likeness (QED) is 0.646. The first-order valence-corrected chi connectivity index (χ1v) is 8.92. The molecule has 9 heteroatoms. The van der Waals surface area contributed by atoms with Crippen molar-refractivity contribution in [3.63, 3.8) is 0 Å². The monoisotopic (exact) mass is 431 g/mol. The minimum Gasteiger partial charge on any atom is -0.477 e. The van der Waals surface area contributed by atoms with Crippen LogP contribution in [0.2, 0.25) is 0 Å². The number of amides is 1. The number of carboxylic acids is 1. The molecule has 0 aliphatic rings. The van der Waals surface area contributed by atoms with E-state index in [0.717, 1.165) is 20.4 Å². The van der Waals surface area contributed by atoms with Crippen molar-refractivity contribution in [1.29, 1.82) is 0 Å². The third-order valence-corrected chi connectivity index (χ3v) is 4.78. The lowest BCUT2D eigenvalue weighted by Gasteiger charge is -2.07. The van der Waals surface area contributed by atoms with E-state index in [9.17, 15) is 14.7 Å².